The van der Waals surface area contributed by atoms with Crippen LogP contribution in [0.3, 0.4) is 0 Å². The van der Waals surface area contributed by atoms with E-state index in [9.17, 15) is 0 Å². The molecule has 0 aromatic carbocycles. The van der Waals surface area contributed by atoms with Gasteiger partial charge in [0.05, 0.1) is 5.01 Å². The maximum Gasteiger partial charge on any atom is 0.0925 e. The highest BCUT2D eigenvalue weighted by atomic mass is 32.2. The van der Waals surface area contributed by atoms with Crippen LogP contribution in [0.4, 0.5) is 0 Å². The van der Waals surface area contributed by atoms with Crippen molar-refractivity contribution in [1.29, 1.82) is 0 Å². The molecular weight excluding hydrogens is 212 g/mol. The molecule has 0 spiro atoms. The molecule has 0 amide bonds. The largest absolute Gasteiger partial charge is 0.308 e. The van der Waals surface area contributed by atoms with Gasteiger partial charge in [-0.25, -0.2) is 4.98 Å². The second kappa shape index (κ2) is 5.14. The summed E-state index contributed by atoms with van der Waals surface area (Å²) in [6, 6.07) is 0.729. The third kappa shape index (κ3) is 2.72. The number of aryl methyl sites for hydroxylation is 1. The Morgan fingerprint density at radius 1 is 1.64 bits per heavy atom. The Morgan fingerprint density at radius 3 is 3.21 bits per heavy atom. The highest BCUT2D eigenvalue weighted by molar-refractivity contribution is 7.99. The molecule has 0 radical (unpaired) electrons. The van der Waals surface area contributed by atoms with Crippen molar-refractivity contribution in [2.45, 2.75) is 32.4 Å². The number of hydrogen-bond donors (Lipinski definition) is 1. The molecule has 0 saturated carbocycles. The second-order valence-corrected chi connectivity index (χ2v) is 5.86. The van der Waals surface area contributed by atoms with Crippen molar-refractivity contribution in [1.82, 2.24) is 10.3 Å². The number of nitrogens with one attached hydrogen (secondary N) is 1. The predicted molar refractivity (Wildman–Crippen MR) is 64.1 cm³/mol. The van der Waals surface area contributed by atoms with Gasteiger partial charge in [0.15, 0.2) is 0 Å². The Morgan fingerprint density at radius 2 is 2.57 bits per heavy atom. The molecule has 2 heterocycles. The van der Waals surface area contributed by atoms with Crippen molar-refractivity contribution < 1.29 is 0 Å². The van der Waals surface area contributed by atoms with Crippen LogP contribution < -0.4 is 5.32 Å². The van der Waals surface area contributed by atoms with Crippen LogP contribution in [-0.4, -0.2) is 22.5 Å². The smallest absolute Gasteiger partial charge is 0.0925 e. The minimum atomic E-state index is 0.729. The third-order valence-corrected chi connectivity index (χ3v) is 4.70. The number of thioether (sulfide) groups is 1. The number of rotatable bonds is 4. The quantitative estimate of drug-likeness (QED) is 0.856. The van der Waals surface area contributed by atoms with Gasteiger partial charge in [-0.05, 0) is 18.6 Å². The molecule has 1 fully saturated rings. The Balaban J connectivity index is 1.79. The van der Waals surface area contributed by atoms with E-state index in [1.54, 1.807) is 0 Å². The summed E-state index contributed by atoms with van der Waals surface area (Å²) in [6.07, 6.45) is 4.40. The first-order chi connectivity index (χ1) is 6.88. The number of thiazole rings is 1. The van der Waals surface area contributed by atoms with Crippen molar-refractivity contribution in [3.8, 4) is 0 Å². The standard InChI is InChI=1S/C10H16N2S2/c1-2-10-12-6-9(14-10)5-11-8-3-4-13-7-8/h6,8,11H,2-5,7H2,1H3. The first kappa shape index (κ1) is 10.5. The van der Waals surface area contributed by atoms with Crippen LogP contribution in [0.1, 0.15) is 23.2 Å². The average molecular weight is 228 g/mol. The molecule has 2 nitrogen and oxygen atoms in total. The Labute approximate surface area is 93.5 Å². The molecule has 1 aromatic heterocycles. The third-order valence-electron chi connectivity index (χ3n) is 2.40. The summed E-state index contributed by atoms with van der Waals surface area (Å²) in [4.78, 5) is 5.73. The molecule has 1 N–H and O–H groups in total. The molecule has 1 aromatic rings. The van der Waals surface area contributed by atoms with E-state index in [0.717, 1.165) is 19.0 Å². The maximum atomic E-state index is 4.35. The molecule has 2 rings (SSSR count). The van der Waals surface area contributed by atoms with Gasteiger partial charge in [0.2, 0.25) is 0 Å². The average Bonchev–Trinajstić information content (AvgIpc) is 2.86. The van der Waals surface area contributed by atoms with Gasteiger partial charge in [0, 0.05) is 29.4 Å². The van der Waals surface area contributed by atoms with Crippen molar-refractivity contribution in [2.24, 2.45) is 0 Å². The molecule has 1 atom stereocenters. The van der Waals surface area contributed by atoms with Crippen molar-refractivity contribution in [2.75, 3.05) is 11.5 Å². The molecule has 14 heavy (non-hydrogen) atoms. The van der Waals surface area contributed by atoms with Crippen LogP contribution >= 0.6 is 23.1 Å². The van der Waals surface area contributed by atoms with Gasteiger partial charge in [-0.3, -0.25) is 0 Å². The lowest BCUT2D eigenvalue weighted by atomic mass is 10.2. The van der Waals surface area contributed by atoms with E-state index in [2.05, 4.69) is 29.0 Å². The van der Waals surface area contributed by atoms with E-state index >= 15 is 0 Å². The number of nitrogens with zero attached hydrogens (tertiary/aromatic N) is 1. The summed E-state index contributed by atoms with van der Waals surface area (Å²) in [5, 5.41) is 4.84. The first-order valence-electron chi connectivity index (χ1n) is 5.13. The first-order valence-corrected chi connectivity index (χ1v) is 7.10. The second-order valence-electron chi connectivity index (χ2n) is 3.52. The van der Waals surface area contributed by atoms with Crippen LogP contribution in [0.2, 0.25) is 0 Å². The summed E-state index contributed by atoms with van der Waals surface area (Å²) >= 11 is 3.89. The zero-order valence-electron chi connectivity index (χ0n) is 8.45. The lowest BCUT2D eigenvalue weighted by molar-refractivity contribution is 0.561. The van der Waals surface area contributed by atoms with Crippen LogP contribution in [0.15, 0.2) is 6.20 Å². The van der Waals surface area contributed by atoms with E-state index in [4.69, 9.17) is 0 Å². The van der Waals surface area contributed by atoms with Crippen molar-refractivity contribution in [3.63, 3.8) is 0 Å². The van der Waals surface area contributed by atoms with E-state index in [1.807, 2.05) is 17.5 Å². The molecule has 0 bridgehead atoms. The fourth-order valence-corrected chi connectivity index (χ4v) is 3.53. The van der Waals surface area contributed by atoms with Gasteiger partial charge >= 0.3 is 0 Å². The Bertz CT molecular complexity index is 279. The van der Waals surface area contributed by atoms with Gasteiger partial charge in [-0.1, -0.05) is 6.92 Å². The maximum absolute atomic E-state index is 4.35. The van der Waals surface area contributed by atoms with Crippen LogP contribution in [-0.2, 0) is 13.0 Å². The monoisotopic (exact) mass is 228 g/mol. The van der Waals surface area contributed by atoms with Crippen molar-refractivity contribution >= 4 is 23.1 Å². The lowest BCUT2D eigenvalue weighted by Crippen LogP contribution is -2.27. The minimum Gasteiger partial charge on any atom is -0.308 e. The zero-order chi connectivity index (χ0) is 9.80. The van der Waals surface area contributed by atoms with Crippen LogP contribution in [0.25, 0.3) is 0 Å². The summed E-state index contributed by atoms with van der Waals surface area (Å²) in [7, 11) is 0. The van der Waals surface area contributed by atoms with E-state index < -0.39 is 0 Å². The van der Waals surface area contributed by atoms with E-state index in [1.165, 1.54) is 27.8 Å². The van der Waals surface area contributed by atoms with Crippen LogP contribution in [0, 0.1) is 0 Å². The molecule has 1 unspecified atom stereocenters. The summed E-state index contributed by atoms with van der Waals surface area (Å²) < 4.78 is 0. The number of hydrogen-bond acceptors (Lipinski definition) is 4. The summed E-state index contributed by atoms with van der Waals surface area (Å²) in [6.45, 7) is 3.16. The SMILES string of the molecule is CCc1ncc(CNC2CCSC2)s1. The van der Waals surface area contributed by atoms with Crippen LogP contribution in [0.5, 0.6) is 0 Å². The highest BCUT2D eigenvalue weighted by Crippen LogP contribution is 2.18. The fourth-order valence-electron chi connectivity index (χ4n) is 1.53. The normalized spacial score (nSPS) is 21.6. The summed E-state index contributed by atoms with van der Waals surface area (Å²) in [5.41, 5.74) is 0. The fraction of sp³-hybridized carbons (Fsp3) is 0.700. The predicted octanol–water partition coefficient (Wildman–Crippen LogP) is 2.30. The zero-order valence-corrected chi connectivity index (χ0v) is 10.1. The molecule has 78 valence electrons. The minimum absolute atomic E-state index is 0.729. The van der Waals surface area contributed by atoms with Gasteiger partial charge in [0.25, 0.3) is 0 Å². The van der Waals surface area contributed by atoms with E-state index in [0.29, 0.717) is 0 Å². The van der Waals surface area contributed by atoms with Gasteiger partial charge in [-0.15, -0.1) is 11.3 Å². The topological polar surface area (TPSA) is 24.9 Å². The Hall–Kier alpha value is -0.0600. The molecular formula is C10H16N2S2. The van der Waals surface area contributed by atoms with Gasteiger partial charge < -0.3 is 5.32 Å². The molecule has 1 aliphatic rings. The Kier molecular flexibility index (Phi) is 3.84. The van der Waals surface area contributed by atoms with Crippen molar-refractivity contribution in [3.05, 3.63) is 16.1 Å². The van der Waals surface area contributed by atoms with Gasteiger partial charge in [0.1, 0.15) is 0 Å². The van der Waals surface area contributed by atoms with Gasteiger partial charge in [-0.2, -0.15) is 11.8 Å². The molecule has 0 aliphatic carbocycles. The molecule has 1 saturated heterocycles. The molecule has 1 aliphatic heterocycles. The molecule has 4 heteroatoms. The highest BCUT2D eigenvalue weighted by Gasteiger charge is 2.14. The summed E-state index contributed by atoms with van der Waals surface area (Å²) in [5.74, 6) is 2.60. The van der Waals surface area contributed by atoms with E-state index in [-0.39, 0.29) is 0 Å². The lowest BCUT2D eigenvalue weighted by Gasteiger charge is -2.08. The number of aromatic nitrogens is 1.